The van der Waals surface area contributed by atoms with Crippen molar-refractivity contribution >= 4 is 11.8 Å². The molecule has 3 rings (SSSR count). The second kappa shape index (κ2) is 6.54. The molecule has 2 N–H and O–H groups in total. The van der Waals surface area contributed by atoms with Gasteiger partial charge >= 0.3 is 0 Å². The summed E-state index contributed by atoms with van der Waals surface area (Å²) in [6.07, 6.45) is 4.38. The van der Waals surface area contributed by atoms with E-state index in [1.54, 1.807) is 11.8 Å². The van der Waals surface area contributed by atoms with E-state index in [2.05, 4.69) is 10.6 Å². The molecule has 0 radical (unpaired) electrons. The first-order valence-corrected chi connectivity index (χ1v) is 8.52. The Hall–Kier alpha value is -1.14. The lowest BCUT2D eigenvalue weighted by atomic mass is 9.67. The van der Waals surface area contributed by atoms with E-state index in [9.17, 15) is 9.59 Å². The lowest BCUT2D eigenvalue weighted by Crippen LogP contribution is -2.55. The van der Waals surface area contributed by atoms with Crippen LogP contribution in [-0.4, -0.2) is 62.1 Å². The maximum absolute atomic E-state index is 12.9. The fourth-order valence-electron chi connectivity index (χ4n) is 4.15. The van der Waals surface area contributed by atoms with E-state index in [1.165, 1.54) is 6.42 Å². The van der Waals surface area contributed by atoms with E-state index in [1.807, 2.05) is 0 Å². The summed E-state index contributed by atoms with van der Waals surface area (Å²) in [5.74, 6) is 0.495. The Morgan fingerprint density at radius 3 is 2.86 bits per heavy atom. The highest BCUT2D eigenvalue weighted by molar-refractivity contribution is 5.90. The molecule has 3 aliphatic rings. The Morgan fingerprint density at radius 2 is 2.09 bits per heavy atom. The summed E-state index contributed by atoms with van der Waals surface area (Å²) >= 11 is 0. The minimum Gasteiger partial charge on any atom is -0.378 e. The predicted octanol–water partition coefficient (Wildman–Crippen LogP) is 0.130. The van der Waals surface area contributed by atoms with Crippen molar-refractivity contribution in [1.82, 2.24) is 15.5 Å². The highest BCUT2D eigenvalue weighted by Gasteiger charge is 2.50. The molecule has 2 heterocycles. The normalized spacial score (nSPS) is 33.1. The van der Waals surface area contributed by atoms with Crippen LogP contribution in [0.5, 0.6) is 0 Å². The molecular weight excluding hydrogens is 282 g/mol. The summed E-state index contributed by atoms with van der Waals surface area (Å²) in [5, 5.41) is 6.38. The highest BCUT2D eigenvalue weighted by atomic mass is 16.5. The molecule has 1 unspecified atom stereocenters. The van der Waals surface area contributed by atoms with Gasteiger partial charge in [-0.25, -0.2) is 0 Å². The van der Waals surface area contributed by atoms with Gasteiger partial charge in [0, 0.05) is 19.6 Å². The van der Waals surface area contributed by atoms with Crippen molar-refractivity contribution in [1.29, 1.82) is 0 Å². The monoisotopic (exact) mass is 309 g/mol. The van der Waals surface area contributed by atoms with Crippen LogP contribution in [0.2, 0.25) is 0 Å². The first-order valence-electron chi connectivity index (χ1n) is 8.52. The third kappa shape index (κ3) is 2.86. The summed E-state index contributed by atoms with van der Waals surface area (Å²) in [6.45, 7) is 5.89. The van der Waals surface area contributed by atoms with E-state index < -0.39 is 6.04 Å². The van der Waals surface area contributed by atoms with Crippen LogP contribution in [0.4, 0.5) is 0 Å². The molecule has 0 aromatic carbocycles. The van der Waals surface area contributed by atoms with Gasteiger partial charge in [-0.2, -0.15) is 0 Å². The number of amides is 2. The van der Waals surface area contributed by atoms with Gasteiger partial charge in [0.2, 0.25) is 11.8 Å². The Bertz CT molecular complexity index is 436. The number of fused-ring (bicyclic) bond motifs is 1. The van der Waals surface area contributed by atoms with Gasteiger partial charge in [0.15, 0.2) is 0 Å². The Morgan fingerprint density at radius 1 is 1.32 bits per heavy atom. The van der Waals surface area contributed by atoms with Crippen LogP contribution in [0.25, 0.3) is 0 Å². The molecule has 2 amide bonds. The molecule has 124 valence electrons. The average Bonchev–Trinajstić information content (AvgIpc) is 3.00. The minimum absolute atomic E-state index is 0.00589. The van der Waals surface area contributed by atoms with Gasteiger partial charge < -0.3 is 20.3 Å². The number of hydrogen-bond donors (Lipinski definition) is 2. The number of carbonyl (C=O) groups is 2. The van der Waals surface area contributed by atoms with Gasteiger partial charge in [-0.15, -0.1) is 0 Å². The zero-order chi connectivity index (χ0) is 15.6. The van der Waals surface area contributed by atoms with Crippen LogP contribution in [0.1, 0.15) is 32.6 Å². The number of hydrogen-bond acceptors (Lipinski definition) is 4. The summed E-state index contributed by atoms with van der Waals surface area (Å²) in [7, 11) is 0. The summed E-state index contributed by atoms with van der Waals surface area (Å²) in [5.41, 5.74) is -0.294. The van der Waals surface area contributed by atoms with Crippen molar-refractivity contribution in [3.8, 4) is 0 Å². The van der Waals surface area contributed by atoms with Gasteiger partial charge in [0.1, 0.15) is 6.04 Å². The Balaban J connectivity index is 1.61. The molecule has 1 aliphatic carbocycles. The van der Waals surface area contributed by atoms with Crippen molar-refractivity contribution < 1.29 is 14.3 Å². The maximum atomic E-state index is 12.9. The van der Waals surface area contributed by atoms with Crippen molar-refractivity contribution in [2.75, 3.05) is 39.4 Å². The van der Waals surface area contributed by atoms with Crippen LogP contribution >= 0.6 is 0 Å². The van der Waals surface area contributed by atoms with Gasteiger partial charge in [0.25, 0.3) is 0 Å². The van der Waals surface area contributed by atoms with Gasteiger partial charge in [-0.1, -0.05) is 12.8 Å². The van der Waals surface area contributed by atoms with Crippen LogP contribution in [0.15, 0.2) is 0 Å². The van der Waals surface area contributed by atoms with E-state index in [-0.39, 0.29) is 17.2 Å². The second-order valence-electron chi connectivity index (χ2n) is 6.86. The number of ether oxygens (including phenoxy) is 1. The van der Waals surface area contributed by atoms with E-state index >= 15 is 0 Å². The average molecular weight is 309 g/mol. The number of rotatable bonds is 3. The summed E-state index contributed by atoms with van der Waals surface area (Å²) in [4.78, 5) is 27.1. The Kier molecular flexibility index (Phi) is 4.68. The van der Waals surface area contributed by atoms with Crippen LogP contribution in [-0.2, 0) is 14.3 Å². The third-order valence-corrected chi connectivity index (χ3v) is 5.53. The van der Waals surface area contributed by atoms with Crippen LogP contribution < -0.4 is 10.6 Å². The molecule has 6 heteroatoms. The second-order valence-corrected chi connectivity index (χ2v) is 6.86. The number of nitrogens with zero attached hydrogens (tertiary/aromatic N) is 1. The molecule has 22 heavy (non-hydrogen) atoms. The largest absolute Gasteiger partial charge is 0.378 e. The zero-order valence-electron chi connectivity index (χ0n) is 13.4. The molecule has 6 nitrogen and oxygen atoms in total. The number of nitrogens with one attached hydrogen (secondary N) is 2. The smallest absolute Gasteiger partial charge is 0.245 e. The van der Waals surface area contributed by atoms with Gasteiger partial charge in [-0.05, 0) is 32.2 Å². The predicted molar refractivity (Wildman–Crippen MR) is 82.3 cm³/mol. The molecule has 3 atom stereocenters. The lowest BCUT2D eigenvalue weighted by molar-refractivity contribution is -0.143. The SMILES string of the molecule is CC(NC(=O)[C@@]12CCCC[C@H]1CNC2)C(=O)N1CCOCC1. The number of carbonyl (C=O) groups excluding carboxylic acids is 2. The minimum atomic E-state index is -0.455. The van der Waals surface area contributed by atoms with E-state index in [4.69, 9.17) is 4.74 Å². The quantitative estimate of drug-likeness (QED) is 0.777. The highest BCUT2D eigenvalue weighted by Crippen LogP contribution is 2.43. The van der Waals surface area contributed by atoms with E-state index in [0.29, 0.717) is 32.2 Å². The molecule has 0 bridgehead atoms. The molecule has 0 aromatic rings. The van der Waals surface area contributed by atoms with Gasteiger partial charge in [0.05, 0.1) is 18.6 Å². The number of morpholine rings is 1. The van der Waals surface area contributed by atoms with Crippen LogP contribution in [0, 0.1) is 11.3 Å². The summed E-state index contributed by atoms with van der Waals surface area (Å²) in [6, 6.07) is -0.455. The molecule has 3 fully saturated rings. The van der Waals surface area contributed by atoms with Crippen molar-refractivity contribution in [3.63, 3.8) is 0 Å². The first-order chi connectivity index (χ1) is 10.6. The standard InChI is InChI=1S/C16H27N3O3/c1-12(14(20)19-6-8-22-9-7-19)18-15(21)16-5-3-2-4-13(16)10-17-11-16/h12-13,17H,2-11H2,1H3,(H,18,21)/t12?,13-,16+/m0/s1. The molecule has 2 aliphatic heterocycles. The molecule has 1 saturated carbocycles. The fraction of sp³-hybridized carbons (Fsp3) is 0.875. The summed E-state index contributed by atoms with van der Waals surface area (Å²) < 4.78 is 5.27. The first kappa shape index (κ1) is 15.7. The molecular formula is C16H27N3O3. The maximum Gasteiger partial charge on any atom is 0.245 e. The van der Waals surface area contributed by atoms with Crippen molar-refractivity contribution in [2.45, 2.75) is 38.6 Å². The molecule has 2 saturated heterocycles. The van der Waals surface area contributed by atoms with Crippen molar-refractivity contribution in [2.24, 2.45) is 11.3 Å². The lowest BCUT2D eigenvalue weighted by Gasteiger charge is -2.38. The van der Waals surface area contributed by atoms with E-state index in [0.717, 1.165) is 32.4 Å². The topological polar surface area (TPSA) is 70.7 Å². The molecule has 0 aromatic heterocycles. The Labute approximate surface area is 131 Å². The molecule has 0 spiro atoms. The van der Waals surface area contributed by atoms with Gasteiger partial charge in [-0.3, -0.25) is 9.59 Å². The fourth-order valence-corrected chi connectivity index (χ4v) is 4.15. The van der Waals surface area contributed by atoms with Crippen LogP contribution in [0.3, 0.4) is 0 Å². The third-order valence-electron chi connectivity index (χ3n) is 5.53. The van der Waals surface area contributed by atoms with Crippen molar-refractivity contribution in [3.05, 3.63) is 0 Å². The zero-order valence-corrected chi connectivity index (χ0v) is 13.4.